The maximum absolute atomic E-state index is 12.2. The van der Waals surface area contributed by atoms with Crippen LogP contribution in [0, 0.1) is 0 Å². The van der Waals surface area contributed by atoms with E-state index in [0.717, 1.165) is 19.3 Å². The van der Waals surface area contributed by atoms with Gasteiger partial charge in [0.05, 0.1) is 0 Å². The third kappa shape index (κ3) is 2.53. The summed E-state index contributed by atoms with van der Waals surface area (Å²) in [6.45, 7) is 0. The zero-order chi connectivity index (χ0) is 13.3. The highest BCUT2D eigenvalue weighted by Gasteiger charge is 2.27. The zero-order valence-corrected chi connectivity index (χ0v) is 11.6. The van der Waals surface area contributed by atoms with E-state index >= 15 is 0 Å². The number of hydrogen-bond donors (Lipinski definition) is 1. The Morgan fingerprint density at radius 3 is 2.61 bits per heavy atom. The van der Waals surface area contributed by atoms with Crippen LogP contribution in [0.15, 0.2) is 16.7 Å². The van der Waals surface area contributed by atoms with Crippen LogP contribution in [0.4, 0.5) is 0 Å². The number of rotatable bonds is 3. The van der Waals surface area contributed by atoms with Crippen molar-refractivity contribution in [3.05, 3.63) is 28.0 Å². The van der Waals surface area contributed by atoms with E-state index in [1.807, 2.05) is 0 Å². The van der Waals surface area contributed by atoms with Gasteiger partial charge in [0, 0.05) is 18.7 Å². The van der Waals surface area contributed by atoms with E-state index in [4.69, 9.17) is 5.73 Å². The lowest BCUT2D eigenvalue weighted by Gasteiger charge is -2.34. The van der Waals surface area contributed by atoms with Gasteiger partial charge in [0.25, 0.3) is 5.91 Å². The summed E-state index contributed by atoms with van der Waals surface area (Å²) in [5.41, 5.74) is 5.74. The fourth-order valence-corrected chi connectivity index (χ4v) is 2.31. The topological polar surface area (TPSA) is 76.3 Å². The first-order valence-corrected chi connectivity index (χ1v) is 6.53. The van der Waals surface area contributed by atoms with Gasteiger partial charge in [-0.05, 0) is 47.3 Å². The highest BCUT2D eigenvalue weighted by atomic mass is 79.9. The average Bonchev–Trinajstić information content (AvgIpc) is 2.24. The Kier molecular flexibility index (Phi) is 3.65. The minimum atomic E-state index is -0.571. The van der Waals surface area contributed by atoms with Crippen molar-refractivity contribution in [1.29, 1.82) is 0 Å². The van der Waals surface area contributed by atoms with Crippen molar-refractivity contribution in [2.24, 2.45) is 5.73 Å². The molecule has 1 aliphatic carbocycles. The van der Waals surface area contributed by atoms with Gasteiger partial charge in [-0.3, -0.25) is 9.59 Å². The Morgan fingerprint density at radius 2 is 2.11 bits per heavy atom. The monoisotopic (exact) mass is 311 g/mol. The van der Waals surface area contributed by atoms with Crippen molar-refractivity contribution in [3.63, 3.8) is 0 Å². The number of carbonyl (C=O) groups excluding carboxylic acids is 2. The molecule has 1 saturated carbocycles. The molecule has 0 aromatic carbocycles. The Balaban J connectivity index is 2.26. The van der Waals surface area contributed by atoms with Crippen LogP contribution in [-0.4, -0.2) is 34.8 Å². The summed E-state index contributed by atoms with van der Waals surface area (Å²) in [5, 5.41) is 0. The molecule has 6 heteroatoms. The van der Waals surface area contributed by atoms with Gasteiger partial charge in [0.15, 0.2) is 0 Å². The predicted molar refractivity (Wildman–Crippen MR) is 70.2 cm³/mol. The number of nitrogens with two attached hydrogens (primary N) is 1. The molecule has 2 amide bonds. The Hall–Kier alpha value is -1.43. The van der Waals surface area contributed by atoms with Crippen LogP contribution in [0.3, 0.4) is 0 Å². The summed E-state index contributed by atoms with van der Waals surface area (Å²) < 4.78 is 0.434. The van der Waals surface area contributed by atoms with Crippen LogP contribution in [0.2, 0.25) is 0 Å². The lowest BCUT2D eigenvalue weighted by atomic mass is 9.91. The summed E-state index contributed by atoms with van der Waals surface area (Å²) in [5.74, 6) is -0.748. The van der Waals surface area contributed by atoms with Crippen molar-refractivity contribution >= 4 is 27.7 Å². The number of nitrogens with zero attached hydrogens (tertiary/aromatic N) is 2. The molecule has 0 bridgehead atoms. The minimum absolute atomic E-state index is 0.177. The number of halogens is 1. The Labute approximate surface area is 113 Å². The van der Waals surface area contributed by atoms with Gasteiger partial charge in [-0.2, -0.15) is 0 Å². The van der Waals surface area contributed by atoms with Crippen molar-refractivity contribution in [2.75, 3.05) is 7.05 Å². The highest BCUT2D eigenvalue weighted by Crippen LogP contribution is 2.25. The minimum Gasteiger partial charge on any atom is -0.366 e. The fraction of sp³-hybridized carbons (Fsp3) is 0.417. The summed E-state index contributed by atoms with van der Waals surface area (Å²) in [6, 6.07) is 3.22. The first-order chi connectivity index (χ1) is 8.49. The van der Waals surface area contributed by atoms with Crippen molar-refractivity contribution in [1.82, 2.24) is 9.88 Å². The van der Waals surface area contributed by atoms with Crippen LogP contribution in [-0.2, 0) is 0 Å². The van der Waals surface area contributed by atoms with Crippen LogP contribution in [0.1, 0.15) is 40.1 Å². The standard InChI is InChI=1S/C12H14BrN3O2/c1-16(8-3-2-4-8)12(18)9-5-7(11(14)17)6-10(13)15-9/h5-6,8H,2-4H2,1H3,(H2,14,17). The van der Waals surface area contributed by atoms with E-state index in [9.17, 15) is 9.59 Å². The second-order valence-corrected chi connectivity index (χ2v) is 5.24. The van der Waals surface area contributed by atoms with E-state index in [1.165, 1.54) is 12.1 Å². The van der Waals surface area contributed by atoms with Gasteiger partial charge in [0.1, 0.15) is 10.3 Å². The predicted octanol–water partition coefficient (Wildman–Crippen LogP) is 1.57. The summed E-state index contributed by atoms with van der Waals surface area (Å²) in [6.07, 6.45) is 3.21. The van der Waals surface area contributed by atoms with Crippen molar-refractivity contribution in [2.45, 2.75) is 25.3 Å². The number of aromatic nitrogens is 1. The maximum atomic E-state index is 12.2. The molecule has 0 radical (unpaired) electrons. The van der Waals surface area contributed by atoms with E-state index < -0.39 is 5.91 Å². The highest BCUT2D eigenvalue weighted by molar-refractivity contribution is 9.10. The van der Waals surface area contributed by atoms with Crippen LogP contribution in [0.5, 0.6) is 0 Å². The fourth-order valence-electron chi connectivity index (χ4n) is 1.87. The molecule has 1 aromatic rings. The van der Waals surface area contributed by atoms with Crippen LogP contribution >= 0.6 is 15.9 Å². The second kappa shape index (κ2) is 5.06. The van der Waals surface area contributed by atoms with Crippen LogP contribution < -0.4 is 5.73 Å². The number of primary amides is 1. The molecule has 0 atom stereocenters. The molecule has 0 spiro atoms. The third-order valence-electron chi connectivity index (χ3n) is 3.24. The first kappa shape index (κ1) is 13.0. The van der Waals surface area contributed by atoms with Gasteiger partial charge in [0.2, 0.25) is 5.91 Å². The normalized spacial score (nSPS) is 15.0. The zero-order valence-electron chi connectivity index (χ0n) is 10.0. The molecule has 1 fully saturated rings. The molecular weight excluding hydrogens is 298 g/mol. The van der Waals surface area contributed by atoms with Gasteiger partial charge in [-0.1, -0.05) is 0 Å². The Morgan fingerprint density at radius 1 is 1.44 bits per heavy atom. The van der Waals surface area contributed by atoms with Crippen LogP contribution in [0.25, 0.3) is 0 Å². The molecule has 18 heavy (non-hydrogen) atoms. The van der Waals surface area contributed by atoms with Crippen molar-refractivity contribution < 1.29 is 9.59 Å². The molecule has 2 rings (SSSR count). The molecule has 1 heterocycles. The van der Waals surface area contributed by atoms with Gasteiger partial charge >= 0.3 is 0 Å². The number of hydrogen-bond acceptors (Lipinski definition) is 3. The van der Waals surface area contributed by atoms with Gasteiger partial charge < -0.3 is 10.6 Å². The second-order valence-electron chi connectivity index (χ2n) is 4.43. The molecule has 96 valence electrons. The quantitative estimate of drug-likeness (QED) is 0.861. The molecule has 0 unspecified atom stereocenters. The maximum Gasteiger partial charge on any atom is 0.272 e. The summed E-state index contributed by atoms with van der Waals surface area (Å²) >= 11 is 3.18. The van der Waals surface area contributed by atoms with Crippen molar-refractivity contribution in [3.8, 4) is 0 Å². The van der Waals surface area contributed by atoms with Gasteiger partial charge in [-0.25, -0.2) is 4.98 Å². The van der Waals surface area contributed by atoms with E-state index in [-0.39, 0.29) is 23.2 Å². The molecule has 2 N–H and O–H groups in total. The largest absolute Gasteiger partial charge is 0.366 e. The molecule has 0 saturated heterocycles. The molecule has 5 nitrogen and oxygen atoms in total. The van der Waals surface area contributed by atoms with E-state index in [1.54, 1.807) is 11.9 Å². The number of amides is 2. The third-order valence-corrected chi connectivity index (χ3v) is 3.65. The Bertz CT molecular complexity index is 500. The van der Waals surface area contributed by atoms with E-state index in [0.29, 0.717) is 4.60 Å². The summed E-state index contributed by atoms with van der Waals surface area (Å²) in [4.78, 5) is 29.1. The molecular formula is C12H14BrN3O2. The number of carbonyl (C=O) groups is 2. The van der Waals surface area contributed by atoms with E-state index in [2.05, 4.69) is 20.9 Å². The molecule has 1 aromatic heterocycles. The number of pyridine rings is 1. The lowest BCUT2D eigenvalue weighted by molar-refractivity contribution is 0.0646. The smallest absolute Gasteiger partial charge is 0.272 e. The first-order valence-electron chi connectivity index (χ1n) is 5.73. The molecule has 1 aliphatic rings. The SMILES string of the molecule is CN(C(=O)c1cc(C(N)=O)cc(Br)n1)C1CCC1. The van der Waals surface area contributed by atoms with Gasteiger partial charge in [-0.15, -0.1) is 0 Å². The molecule has 0 aliphatic heterocycles. The lowest BCUT2D eigenvalue weighted by Crippen LogP contribution is -2.41. The summed E-state index contributed by atoms with van der Waals surface area (Å²) in [7, 11) is 1.76. The average molecular weight is 312 g/mol.